The van der Waals surface area contributed by atoms with E-state index < -0.39 is 0 Å². The van der Waals surface area contributed by atoms with Crippen LogP contribution in [0.25, 0.3) is 0 Å². The molecule has 0 heterocycles. The molecule has 0 aliphatic carbocycles. The lowest BCUT2D eigenvalue weighted by atomic mass is 10.1. The molecule has 1 N–H and O–H groups in total. The van der Waals surface area contributed by atoms with Crippen molar-refractivity contribution in [1.29, 1.82) is 0 Å². The summed E-state index contributed by atoms with van der Waals surface area (Å²) in [6.07, 6.45) is 1.01. The highest BCUT2D eigenvalue weighted by Gasteiger charge is 2.03. The fourth-order valence-corrected chi connectivity index (χ4v) is 2.18. The van der Waals surface area contributed by atoms with Gasteiger partial charge in [-0.1, -0.05) is 30.3 Å². The van der Waals surface area contributed by atoms with Crippen LogP contribution in [0.15, 0.2) is 48.5 Å². The summed E-state index contributed by atoms with van der Waals surface area (Å²) < 4.78 is 11.4. The number of benzene rings is 2. The van der Waals surface area contributed by atoms with Crippen LogP contribution in [-0.4, -0.2) is 20.2 Å². The van der Waals surface area contributed by atoms with Crippen LogP contribution in [0.4, 0.5) is 0 Å². The van der Waals surface area contributed by atoms with Gasteiger partial charge in [0.05, 0.1) is 6.61 Å². The Kier molecular flexibility index (Phi) is 6.10. The van der Waals surface area contributed by atoms with Crippen LogP contribution in [-0.2, 0) is 13.0 Å². The first-order valence-electron chi connectivity index (χ1n) is 7.40. The summed E-state index contributed by atoms with van der Waals surface area (Å²) in [5.74, 6) is 1.68. The molecule has 0 aliphatic heterocycles. The molecule has 2 rings (SSSR count). The fraction of sp³-hybridized carbons (Fsp3) is 0.333. The van der Waals surface area contributed by atoms with E-state index in [0.29, 0.717) is 13.2 Å². The van der Waals surface area contributed by atoms with Crippen molar-refractivity contribution in [3.8, 4) is 11.5 Å². The van der Waals surface area contributed by atoms with Crippen molar-refractivity contribution < 1.29 is 9.47 Å². The average Bonchev–Trinajstić information content (AvgIpc) is 2.52. The van der Waals surface area contributed by atoms with Gasteiger partial charge in [0, 0.05) is 6.07 Å². The molecule has 0 aliphatic rings. The minimum absolute atomic E-state index is 0.579. The Morgan fingerprint density at radius 1 is 0.905 bits per heavy atom. The Bertz CT molecular complexity index is 554. The number of rotatable bonds is 8. The molecule has 0 unspecified atom stereocenters. The molecule has 0 saturated carbocycles. The summed E-state index contributed by atoms with van der Waals surface area (Å²) in [6.45, 7) is 4.19. The van der Waals surface area contributed by atoms with Crippen LogP contribution >= 0.6 is 0 Å². The number of hydrogen-bond donors (Lipinski definition) is 1. The van der Waals surface area contributed by atoms with Gasteiger partial charge < -0.3 is 14.8 Å². The molecular formula is C18H23NO2. The minimum Gasteiger partial charge on any atom is -0.494 e. The maximum Gasteiger partial charge on any atom is 0.123 e. The molecular weight excluding hydrogens is 262 g/mol. The predicted octanol–water partition coefficient (Wildman–Crippen LogP) is 3.43. The minimum atomic E-state index is 0.579. The van der Waals surface area contributed by atoms with Crippen molar-refractivity contribution in [2.24, 2.45) is 0 Å². The van der Waals surface area contributed by atoms with Crippen molar-refractivity contribution >= 4 is 0 Å². The molecule has 0 atom stereocenters. The maximum absolute atomic E-state index is 5.90. The molecule has 0 spiro atoms. The van der Waals surface area contributed by atoms with E-state index >= 15 is 0 Å². The second-order valence-electron chi connectivity index (χ2n) is 4.82. The van der Waals surface area contributed by atoms with E-state index in [0.717, 1.165) is 24.5 Å². The second-order valence-corrected chi connectivity index (χ2v) is 4.82. The lowest BCUT2D eigenvalue weighted by Gasteiger charge is -2.12. The van der Waals surface area contributed by atoms with Gasteiger partial charge in [-0.2, -0.15) is 0 Å². The molecule has 0 bridgehead atoms. The average molecular weight is 285 g/mol. The molecule has 0 saturated heterocycles. The third-order valence-electron chi connectivity index (χ3n) is 3.27. The molecule has 21 heavy (non-hydrogen) atoms. The van der Waals surface area contributed by atoms with Crippen LogP contribution in [0.1, 0.15) is 18.1 Å². The lowest BCUT2D eigenvalue weighted by Crippen LogP contribution is -2.12. The van der Waals surface area contributed by atoms with E-state index in [1.807, 2.05) is 38.2 Å². The van der Waals surface area contributed by atoms with Gasteiger partial charge in [-0.25, -0.2) is 0 Å². The highest BCUT2D eigenvalue weighted by Crippen LogP contribution is 2.21. The molecule has 3 nitrogen and oxygen atoms in total. The summed E-state index contributed by atoms with van der Waals surface area (Å²) in [5.41, 5.74) is 2.56. The summed E-state index contributed by atoms with van der Waals surface area (Å²) in [7, 11) is 1.97. The third kappa shape index (κ3) is 4.80. The monoisotopic (exact) mass is 285 g/mol. The Balaban J connectivity index is 2.00. The normalized spacial score (nSPS) is 10.4. The predicted molar refractivity (Wildman–Crippen MR) is 86.0 cm³/mol. The van der Waals surface area contributed by atoms with Gasteiger partial charge in [0.2, 0.25) is 0 Å². The quantitative estimate of drug-likeness (QED) is 0.806. The zero-order chi connectivity index (χ0) is 14.9. The zero-order valence-electron chi connectivity index (χ0n) is 12.8. The maximum atomic E-state index is 5.90. The van der Waals surface area contributed by atoms with Crippen LogP contribution in [0.3, 0.4) is 0 Å². The van der Waals surface area contributed by atoms with E-state index in [-0.39, 0.29) is 0 Å². The Hall–Kier alpha value is -2.00. The van der Waals surface area contributed by atoms with Crippen molar-refractivity contribution in [2.45, 2.75) is 20.0 Å². The molecule has 0 fully saturated rings. The van der Waals surface area contributed by atoms with E-state index in [1.54, 1.807) is 0 Å². The number of hydrogen-bond acceptors (Lipinski definition) is 3. The van der Waals surface area contributed by atoms with E-state index in [9.17, 15) is 0 Å². The molecule has 2 aromatic carbocycles. The first-order valence-corrected chi connectivity index (χ1v) is 7.40. The number of likely N-dealkylation sites (N-methyl/N-ethyl adjacent to an activating group) is 1. The van der Waals surface area contributed by atoms with Gasteiger partial charge >= 0.3 is 0 Å². The van der Waals surface area contributed by atoms with Crippen molar-refractivity contribution in [3.63, 3.8) is 0 Å². The summed E-state index contributed by atoms with van der Waals surface area (Å²) in [4.78, 5) is 0. The summed E-state index contributed by atoms with van der Waals surface area (Å²) in [5, 5.41) is 3.18. The van der Waals surface area contributed by atoms with E-state index in [2.05, 4.69) is 29.6 Å². The zero-order valence-corrected chi connectivity index (χ0v) is 12.8. The smallest absolute Gasteiger partial charge is 0.123 e. The Morgan fingerprint density at radius 3 is 2.33 bits per heavy atom. The molecule has 112 valence electrons. The Morgan fingerprint density at radius 2 is 1.62 bits per heavy atom. The summed E-state index contributed by atoms with van der Waals surface area (Å²) in [6, 6.07) is 16.2. The second kappa shape index (κ2) is 8.32. The summed E-state index contributed by atoms with van der Waals surface area (Å²) >= 11 is 0. The molecule has 0 radical (unpaired) electrons. The van der Waals surface area contributed by atoms with E-state index in [1.165, 1.54) is 11.1 Å². The molecule has 3 heteroatoms. The molecule has 0 amide bonds. The first kappa shape index (κ1) is 15.4. The third-order valence-corrected chi connectivity index (χ3v) is 3.27. The van der Waals surface area contributed by atoms with Crippen molar-refractivity contribution in [3.05, 3.63) is 59.7 Å². The van der Waals surface area contributed by atoms with E-state index in [4.69, 9.17) is 9.47 Å². The lowest BCUT2D eigenvalue weighted by molar-refractivity contribution is 0.298. The van der Waals surface area contributed by atoms with Crippen LogP contribution in [0.2, 0.25) is 0 Å². The topological polar surface area (TPSA) is 30.5 Å². The van der Waals surface area contributed by atoms with Crippen molar-refractivity contribution in [1.82, 2.24) is 5.32 Å². The first-order chi connectivity index (χ1) is 10.3. The molecule has 0 aromatic heterocycles. The van der Waals surface area contributed by atoms with Gasteiger partial charge in [0.25, 0.3) is 0 Å². The standard InChI is InChI=1S/C18H23NO2/c1-3-20-17-9-6-10-18(13-17)21-14-16-8-5-4-7-15(16)11-12-19-2/h4-10,13,19H,3,11-12,14H2,1-2H3. The number of nitrogens with one attached hydrogen (secondary N) is 1. The van der Waals surface area contributed by atoms with Gasteiger partial charge in [-0.05, 0) is 50.2 Å². The highest BCUT2D eigenvalue weighted by atomic mass is 16.5. The number of ether oxygens (including phenoxy) is 2. The SMILES string of the molecule is CCOc1cccc(OCc2ccccc2CCNC)c1. The van der Waals surface area contributed by atoms with Gasteiger partial charge in [-0.15, -0.1) is 0 Å². The van der Waals surface area contributed by atoms with Crippen LogP contribution in [0.5, 0.6) is 11.5 Å². The Labute approximate surface area is 126 Å². The van der Waals surface area contributed by atoms with Gasteiger partial charge in [0.15, 0.2) is 0 Å². The van der Waals surface area contributed by atoms with Crippen molar-refractivity contribution in [2.75, 3.05) is 20.2 Å². The van der Waals surface area contributed by atoms with Gasteiger partial charge in [-0.3, -0.25) is 0 Å². The molecule has 2 aromatic rings. The fourth-order valence-electron chi connectivity index (χ4n) is 2.18. The van der Waals surface area contributed by atoms with Crippen LogP contribution < -0.4 is 14.8 Å². The van der Waals surface area contributed by atoms with Crippen LogP contribution in [0, 0.1) is 0 Å². The largest absolute Gasteiger partial charge is 0.494 e. The van der Waals surface area contributed by atoms with Gasteiger partial charge in [0.1, 0.15) is 18.1 Å². The highest BCUT2D eigenvalue weighted by molar-refractivity contribution is 5.34.